The van der Waals surface area contributed by atoms with Crippen LogP contribution in [0.1, 0.15) is 84.6 Å². The second kappa shape index (κ2) is 18.4. The lowest BCUT2D eigenvalue weighted by Crippen LogP contribution is -2.55. The molecule has 1 saturated carbocycles. The molecule has 2 aromatic rings. The normalized spacial score (nSPS) is 16.7. The summed E-state index contributed by atoms with van der Waals surface area (Å²) >= 11 is 0. The monoisotopic (exact) mass is 832 g/mol. The van der Waals surface area contributed by atoms with Crippen molar-refractivity contribution in [2.45, 2.75) is 91.4 Å². The molecule has 1 saturated heterocycles. The molecule has 0 bridgehead atoms. The second-order valence-electron chi connectivity index (χ2n) is 14.3. The average molecular weight is 833 g/mol. The molecule has 1 aliphatic carbocycles. The number of hydrogen-bond acceptors (Lipinski definition) is 14. The highest BCUT2D eigenvalue weighted by molar-refractivity contribution is 7.72. The van der Waals surface area contributed by atoms with E-state index < -0.39 is 67.7 Å². The molecule has 17 nitrogen and oxygen atoms in total. The zero-order valence-corrected chi connectivity index (χ0v) is 35.6. The maximum Gasteiger partial charge on any atom is 0.410 e. The lowest BCUT2D eigenvalue weighted by Gasteiger charge is -2.41. The van der Waals surface area contributed by atoms with Crippen molar-refractivity contribution >= 4 is 49.8 Å². The number of nitrogens with zero attached hydrogens (tertiary/aromatic N) is 4. The van der Waals surface area contributed by atoms with Crippen LogP contribution in [0.15, 0.2) is 17.1 Å². The van der Waals surface area contributed by atoms with E-state index in [9.17, 15) is 28.3 Å². The first-order chi connectivity index (χ1) is 26.3. The summed E-state index contributed by atoms with van der Waals surface area (Å²) in [6, 6.07) is 0.553. The predicted octanol–water partition coefficient (Wildman–Crippen LogP) is 6.36. The third-order valence-corrected chi connectivity index (χ3v) is 15.0. The first kappa shape index (κ1) is 45.2. The second-order valence-corrected chi connectivity index (χ2v) is 18.9. The van der Waals surface area contributed by atoms with Crippen LogP contribution in [0.5, 0.6) is 5.75 Å². The molecule has 0 spiro atoms. The summed E-state index contributed by atoms with van der Waals surface area (Å²) in [6.07, 6.45) is 2.25. The maximum atomic E-state index is 16.2. The van der Waals surface area contributed by atoms with Crippen molar-refractivity contribution in [3.63, 3.8) is 0 Å². The number of rotatable bonds is 17. The Morgan fingerprint density at radius 2 is 1.52 bits per heavy atom. The van der Waals surface area contributed by atoms with Crippen molar-refractivity contribution in [2.75, 3.05) is 71.7 Å². The van der Waals surface area contributed by atoms with Gasteiger partial charge in [0.25, 0.3) is 5.91 Å². The van der Waals surface area contributed by atoms with Crippen molar-refractivity contribution in [3.05, 3.63) is 33.9 Å². The van der Waals surface area contributed by atoms with Gasteiger partial charge in [0.2, 0.25) is 11.0 Å². The van der Waals surface area contributed by atoms with Gasteiger partial charge in [0.05, 0.1) is 44.4 Å². The molecule has 1 aromatic heterocycles. The van der Waals surface area contributed by atoms with E-state index in [2.05, 4.69) is 0 Å². The van der Waals surface area contributed by atoms with Gasteiger partial charge in [-0.25, -0.2) is 14.0 Å². The molecule has 1 aromatic carbocycles. The zero-order valence-electron chi connectivity index (χ0n) is 33.8. The van der Waals surface area contributed by atoms with Gasteiger partial charge in [-0.05, 0) is 74.3 Å². The Bertz CT molecular complexity index is 1880. The van der Waals surface area contributed by atoms with E-state index >= 15 is 4.39 Å². The van der Waals surface area contributed by atoms with Crippen LogP contribution in [-0.4, -0.2) is 116 Å². The van der Waals surface area contributed by atoms with Gasteiger partial charge in [0, 0.05) is 45.0 Å². The molecule has 314 valence electrons. The number of piperazine rings is 1. The summed E-state index contributed by atoms with van der Waals surface area (Å²) in [6.45, 7) is 12.5. The van der Waals surface area contributed by atoms with Gasteiger partial charge in [-0.2, -0.15) is 0 Å². The molecule has 20 heteroatoms. The van der Waals surface area contributed by atoms with Crippen molar-refractivity contribution in [3.8, 4) is 5.75 Å². The fraction of sp³-hybridized carbons (Fsp3) is 0.667. The highest BCUT2D eigenvalue weighted by Gasteiger charge is 2.55. The lowest BCUT2D eigenvalue weighted by atomic mass is 10.1. The van der Waals surface area contributed by atoms with Crippen LogP contribution in [0.2, 0.25) is 0 Å². The van der Waals surface area contributed by atoms with Gasteiger partial charge >= 0.3 is 27.3 Å². The van der Waals surface area contributed by atoms with E-state index in [0.717, 1.165) is 18.0 Å². The molecule has 0 radical (unpaired) electrons. The topological polar surface area (TPSA) is 182 Å². The molecule has 1 atom stereocenters. The van der Waals surface area contributed by atoms with Gasteiger partial charge in [0.15, 0.2) is 18.2 Å². The van der Waals surface area contributed by atoms with Crippen molar-refractivity contribution in [1.29, 1.82) is 0 Å². The van der Waals surface area contributed by atoms with E-state index in [1.54, 1.807) is 35.1 Å². The molecule has 2 amide bonds. The summed E-state index contributed by atoms with van der Waals surface area (Å²) < 4.78 is 84.3. The van der Waals surface area contributed by atoms with Crippen molar-refractivity contribution < 1.29 is 60.2 Å². The number of methoxy groups -OCH3 is 1. The van der Waals surface area contributed by atoms with Crippen LogP contribution in [0, 0.1) is 5.82 Å². The number of hydrogen-bond donors (Lipinski definition) is 0. The van der Waals surface area contributed by atoms with Crippen molar-refractivity contribution in [2.24, 2.45) is 0 Å². The first-order valence-corrected chi connectivity index (χ1v) is 21.9. The highest BCUT2D eigenvalue weighted by Crippen LogP contribution is 2.71. The van der Waals surface area contributed by atoms with Gasteiger partial charge in [-0.1, -0.05) is 0 Å². The number of pyridine rings is 1. The zero-order chi connectivity index (χ0) is 41.7. The Kier molecular flexibility index (Phi) is 14.8. The molecule has 0 N–H and O–H groups in total. The number of amides is 2. The molecule has 1 unspecified atom stereocenters. The molecular formula is C36H55FN4O13P2. The van der Waals surface area contributed by atoms with Gasteiger partial charge < -0.3 is 51.6 Å². The van der Waals surface area contributed by atoms with E-state index in [1.165, 1.54) is 41.0 Å². The highest BCUT2D eigenvalue weighted by atomic mass is 31.2. The minimum atomic E-state index is -4.39. The first-order valence-electron chi connectivity index (χ1n) is 18.7. The number of esters is 1. The summed E-state index contributed by atoms with van der Waals surface area (Å²) in [5.74, 6) is -2.85. The summed E-state index contributed by atoms with van der Waals surface area (Å²) in [4.78, 5) is 58.1. The predicted molar refractivity (Wildman–Crippen MR) is 206 cm³/mol. The summed E-state index contributed by atoms with van der Waals surface area (Å²) in [5.41, 5.74) is -3.49. The number of benzene rings is 1. The van der Waals surface area contributed by atoms with E-state index in [0.29, 0.717) is 12.8 Å². The van der Waals surface area contributed by atoms with Crippen LogP contribution in [0.3, 0.4) is 0 Å². The molecule has 56 heavy (non-hydrogen) atoms. The Morgan fingerprint density at radius 3 is 1.98 bits per heavy atom. The third kappa shape index (κ3) is 9.76. The lowest BCUT2D eigenvalue weighted by molar-refractivity contribution is -0.133. The van der Waals surface area contributed by atoms with Crippen LogP contribution in [0.25, 0.3) is 10.9 Å². The number of likely N-dealkylation sites (N-methyl/N-ethyl adjacent to an activating group) is 1. The standard InChI is InChI=1S/C36H55FN4O13P2/c1-11-50-55(46,51-12-2)35(56(47,52-13-3)53-14-4)38(9)28(42)22-49-33(44)26-21-41(24-15-16-24)29-25(31(26)43)19-27(37)30(32(29)48-10)39-17-18-40(23(5)20-39)34(45)54-36(6,7)8/h19,21,23-24,35H,11-18,20,22H2,1-10H3. The van der Waals surface area contributed by atoms with Crippen molar-refractivity contribution in [1.82, 2.24) is 14.4 Å². The van der Waals surface area contributed by atoms with Crippen LogP contribution in [-0.2, 0) is 41.5 Å². The van der Waals surface area contributed by atoms with Crippen LogP contribution >= 0.6 is 15.2 Å². The number of halogens is 1. The van der Waals surface area contributed by atoms with Crippen LogP contribution < -0.4 is 15.1 Å². The Labute approximate surface area is 326 Å². The largest absolute Gasteiger partial charge is 0.492 e. The number of carbonyl (C=O) groups excluding carboxylic acids is 3. The van der Waals surface area contributed by atoms with E-state index in [4.69, 9.17) is 32.3 Å². The molecule has 2 fully saturated rings. The maximum absolute atomic E-state index is 16.2. The quantitative estimate of drug-likeness (QED) is 0.127. The van der Waals surface area contributed by atoms with E-state index in [1.807, 2.05) is 6.92 Å². The minimum absolute atomic E-state index is 0.0886. The van der Waals surface area contributed by atoms with Gasteiger partial charge in [-0.15, -0.1) is 0 Å². The Morgan fingerprint density at radius 1 is 0.964 bits per heavy atom. The third-order valence-electron chi connectivity index (χ3n) is 9.00. The van der Waals surface area contributed by atoms with Gasteiger partial charge in [-0.3, -0.25) is 18.7 Å². The summed E-state index contributed by atoms with van der Waals surface area (Å²) in [5, 5.41) is -0.142. The minimum Gasteiger partial charge on any atom is -0.492 e. The van der Waals surface area contributed by atoms with Gasteiger partial charge in [0.1, 0.15) is 16.9 Å². The average Bonchev–Trinajstić information content (AvgIpc) is 3.95. The number of anilines is 1. The molecule has 4 rings (SSSR count). The fourth-order valence-corrected chi connectivity index (χ4v) is 12.0. The Balaban J connectivity index is 1.67. The number of fused-ring (bicyclic) bond motifs is 1. The number of ether oxygens (including phenoxy) is 3. The van der Waals surface area contributed by atoms with E-state index in [-0.39, 0.29) is 80.5 Å². The summed E-state index contributed by atoms with van der Waals surface area (Å²) in [7, 11) is -6.26. The smallest absolute Gasteiger partial charge is 0.410 e. The SMILES string of the molecule is CCOP(=O)(OCC)C(N(C)C(=O)COC(=O)c1cn(C2CC2)c2c(OC)c(N3CCN(C(=O)OC(C)(C)C)C(C)C3)c(F)cc2c1=O)P(=O)(OCC)OCC. The molecule has 2 aliphatic rings. The molecule has 1 aliphatic heterocycles. The number of carbonyl (C=O) groups is 3. The Hall–Kier alpha value is -3.53. The molecular weight excluding hydrogens is 777 g/mol. The molecule has 2 heterocycles. The fourth-order valence-electron chi connectivity index (χ4n) is 6.56. The number of aromatic nitrogens is 1. The van der Waals surface area contributed by atoms with Crippen LogP contribution in [0.4, 0.5) is 14.9 Å².